The van der Waals surface area contributed by atoms with Gasteiger partial charge in [-0.3, -0.25) is 8.42 Å². The molecule has 0 atom stereocenters. The molecule has 0 fully saturated rings. The minimum absolute atomic E-state index is 0. The van der Waals surface area contributed by atoms with Crippen LogP contribution in [0.1, 0.15) is 0 Å². The van der Waals surface area contributed by atoms with Crippen LogP contribution in [0.3, 0.4) is 0 Å². The molecule has 0 aromatic carbocycles. The van der Waals surface area contributed by atoms with Crippen molar-refractivity contribution in [3.63, 3.8) is 0 Å². The van der Waals surface area contributed by atoms with Crippen LogP contribution < -0.4 is 0 Å². The summed E-state index contributed by atoms with van der Waals surface area (Å²) in [6.45, 7) is -0.250. The van der Waals surface area contributed by atoms with Crippen LogP contribution in [-0.4, -0.2) is 64.0 Å². The molecule has 0 heterocycles. The molecular formula is C2H6MgO6S. The van der Waals surface area contributed by atoms with Gasteiger partial charge in [-0.15, -0.1) is 0 Å². The van der Waals surface area contributed by atoms with Gasteiger partial charge >= 0.3 is 23.1 Å². The van der Waals surface area contributed by atoms with Gasteiger partial charge in [0.1, 0.15) is 0 Å². The van der Waals surface area contributed by atoms with Crippen LogP contribution in [0.15, 0.2) is 0 Å². The average molecular weight is 182 g/mol. The Morgan fingerprint density at radius 2 is 1.20 bits per heavy atom. The van der Waals surface area contributed by atoms with E-state index in [0.29, 0.717) is 0 Å². The van der Waals surface area contributed by atoms with Gasteiger partial charge in [0, 0.05) is 10.4 Å². The van der Waals surface area contributed by atoms with E-state index in [2.05, 4.69) is 0 Å². The van der Waals surface area contributed by atoms with Gasteiger partial charge in [0.05, 0.1) is 13.2 Å². The van der Waals surface area contributed by atoms with Gasteiger partial charge in [0.2, 0.25) is 0 Å². The second-order valence-electron chi connectivity index (χ2n) is 0.855. The standard InChI is InChI=1S/C2H6O2.Mg.H2O4S/c3-1-2-4;;1-5(2,3)4/h3-4H,1-2H2;;(H2,1,2,3,4)/q;+2;/p-2. The fourth-order valence-corrected chi connectivity index (χ4v) is 0. The molecule has 0 aliphatic heterocycles. The van der Waals surface area contributed by atoms with Crippen LogP contribution in [0.2, 0.25) is 0 Å². The molecular weight excluding hydrogens is 176 g/mol. The molecule has 8 heteroatoms. The first-order valence-electron chi connectivity index (χ1n) is 1.80. The van der Waals surface area contributed by atoms with Gasteiger partial charge in [-0.25, -0.2) is 0 Å². The van der Waals surface area contributed by atoms with E-state index in [4.69, 9.17) is 27.7 Å². The molecule has 6 nitrogen and oxygen atoms in total. The van der Waals surface area contributed by atoms with Gasteiger partial charge in [-0.05, 0) is 0 Å². The molecule has 0 aromatic heterocycles. The molecule has 0 unspecified atom stereocenters. The molecule has 0 aromatic rings. The Bertz CT molecular complexity index is 119. The minimum atomic E-state index is -5.17. The number of hydrogen-bond acceptors (Lipinski definition) is 6. The average Bonchev–Trinajstić information content (AvgIpc) is 1.61. The topological polar surface area (TPSA) is 121 Å². The normalized spacial score (nSPS) is 8.80. The number of rotatable bonds is 1. The molecule has 0 radical (unpaired) electrons. The maximum Gasteiger partial charge on any atom is 2.00 e. The van der Waals surface area contributed by atoms with Crippen molar-refractivity contribution in [2.75, 3.05) is 13.2 Å². The Balaban J connectivity index is -0.0000000910. The van der Waals surface area contributed by atoms with E-state index in [9.17, 15) is 0 Å². The Morgan fingerprint density at radius 3 is 1.20 bits per heavy atom. The summed E-state index contributed by atoms with van der Waals surface area (Å²) >= 11 is 0. The van der Waals surface area contributed by atoms with Gasteiger partial charge in [-0.1, -0.05) is 0 Å². The van der Waals surface area contributed by atoms with Crippen molar-refractivity contribution in [3.8, 4) is 0 Å². The van der Waals surface area contributed by atoms with Crippen molar-refractivity contribution in [2.45, 2.75) is 0 Å². The van der Waals surface area contributed by atoms with Crippen LogP contribution in [0, 0.1) is 0 Å². The molecule has 0 spiro atoms. The molecule has 0 amide bonds. The second kappa shape index (κ2) is 9.56. The molecule has 0 rings (SSSR count). The van der Waals surface area contributed by atoms with E-state index < -0.39 is 10.4 Å². The zero-order chi connectivity index (χ0) is 7.91. The molecule has 2 N–H and O–H groups in total. The van der Waals surface area contributed by atoms with Crippen molar-refractivity contribution in [1.29, 1.82) is 0 Å². The summed E-state index contributed by atoms with van der Waals surface area (Å²) in [5, 5.41) is 15.2. The van der Waals surface area contributed by atoms with E-state index in [-0.39, 0.29) is 36.3 Å². The number of aliphatic hydroxyl groups excluding tert-OH is 2. The van der Waals surface area contributed by atoms with E-state index in [1.54, 1.807) is 0 Å². The third-order valence-corrected chi connectivity index (χ3v) is 0.1000. The summed E-state index contributed by atoms with van der Waals surface area (Å²) in [5.41, 5.74) is 0. The van der Waals surface area contributed by atoms with Crippen LogP contribution in [0.5, 0.6) is 0 Å². The zero-order valence-corrected chi connectivity index (χ0v) is 7.29. The van der Waals surface area contributed by atoms with Crippen molar-refractivity contribution >= 4 is 33.5 Å². The monoisotopic (exact) mass is 182 g/mol. The molecule has 58 valence electrons. The first-order chi connectivity index (χ1) is 3.91. The van der Waals surface area contributed by atoms with Gasteiger partial charge in [0.25, 0.3) is 0 Å². The summed E-state index contributed by atoms with van der Waals surface area (Å²) in [6, 6.07) is 0. The summed E-state index contributed by atoms with van der Waals surface area (Å²) in [7, 11) is -5.17. The first-order valence-corrected chi connectivity index (χ1v) is 3.13. The molecule has 0 aliphatic rings. The molecule has 10 heavy (non-hydrogen) atoms. The molecule has 0 aliphatic carbocycles. The first kappa shape index (κ1) is 16.9. The summed E-state index contributed by atoms with van der Waals surface area (Å²) in [5.74, 6) is 0. The second-order valence-corrected chi connectivity index (χ2v) is 1.67. The summed E-state index contributed by atoms with van der Waals surface area (Å²) in [4.78, 5) is 0. The van der Waals surface area contributed by atoms with Crippen LogP contribution >= 0.6 is 0 Å². The quantitative estimate of drug-likeness (QED) is 0.258. The van der Waals surface area contributed by atoms with Gasteiger partial charge in [0.15, 0.2) is 0 Å². The van der Waals surface area contributed by atoms with Crippen LogP contribution in [0.25, 0.3) is 0 Å². The smallest absolute Gasteiger partial charge is 0.759 e. The Morgan fingerprint density at radius 1 is 1.10 bits per heavy atom. The van der Waals surface area contributed by atoms with Crippen molar-refractivity contribution in [3.05, 3.63) is 0 Å². The Kier molecular flexibility index (Phi) is 16.1. The van der Waals surface area contributed by atoms with E-state index in [1.807, 2.05) is 0 Å². The van der Waals surface area contributed by atoms with E-state index in [0.717, 1.165) is 0 Å². The van der Waals surface area contributed by atoms with Crippen LogP contribution in [0.4, 0.5) is 0 Å². The van der Waals surface area contributed by atoms with Crippen LogP contribution in [-0.2, 0) is 10.4 Å². The fourth-order valence-electron chi connectivity index (χ4n) is 0. The number of hydrogen-bond donors (Lipinski definition) is 2. The largest absolute Gasteiger partial charge is 2.00 e. The fraction of sp³-hybridized carbons (Fsp3) is 1.00. The van der Waals surface area contributed by atoms with Gasteiger partial charge in [-0.2, -0.15) is 0 Å². The maximum absolute atomic E-state index is 8.52. The van der Waals surface area contributed by atoms with Gasteiger partial charge < -0.3 is 19.3 Å². The Labute approximate surface area is 74.6 Å². The van der Waals surface area contributed by atoms with Crippen molar-refractivity contribution in [2.24, 2.45) is 0 Å². The van der Waals surface area contributed by atoms with E-state index in [1.165, 1.54) is 0 Å². The SMILES string of the molecule is O=S(=O)([O-])[O-].OCCO.[Mg+2]. The molecule has 0 bridgehead atoms. The summed E-state index contributed by atoms with van der Waals surface area (Å²) in [6.07, 6.45) is 0. The number of aliphatic hydroxyl groups is 2. The molecule has 0 saturated heterocycles. The zero-order valence-electron chi connectivity index (χ0n) is 5.06. The third-order valence-electron chi connectivity index (χ3n) is 0.1000. The third kappa shape index (κ3) is 202. The summed E-state index contributed by atoms with van der Waals surface area (Å²) < 4.78 is 34.1. The maximum atomic E-state index is 8.52. The minimum Gasteiger partial charge on any atom is -0.759 e. The molecule has 0 saturated carbocycles. The predicted octanol–water partition coefficient (Wildman–Crippen LogP) is -2.75. The van der Waals surface area contributed by atoms with Crippen molar-refractivity contribution in [1.82, 2.24) is 0 Å². The van der Waals surface area contributed by atoms with Crippen molar-refractivity contribution < 1.29 is 27.7 Å². The van der Waals surface area contributed by atoms with E-state index >= 15 is 0 Å². The predicted molar refractivity (Wildman–Crippen MR) is 30.4 cm³/mol. The Hall–Kier alpha value is 0.556.